The maximum absolute atomic E-state index is 14.2. The van der Waals surface area contributed by atoms with Crippen LogP contribution in [0.15, 0.2) is 60.7 Å². The zero-order valence-corrected chi connectivity index (χ0v) is 17.2. The van der Waals surface area contributed by atoms with Crippen LogP contribution in [0, 0.1) is 11.6 Å². The summed E-state index contributed by atoms with van der Waals surface area (Å²) < 4.78 is 33.7. The fourth-order valence-corrected chi connectivity index (χ4v) is 4.94. The molecule has 0 saturated heterocycles. The number of anilines is 2. The lowest BCUT2D eigenvalue weighted by Crippen LogP contribution is -2.50. The van der Waals surface area contributed by atoms with E-state index in [1.807, 2.05) is 23.1 Å². The predicted molar refractivity (Wildman–Crippen MR) is 117 cm³/mol. The van der Waals surface area contributed by atoms with Gasteiger partial charge in [0.2, 0.25) is 0 Å². The van der Waals surface area contributed by atoms with Crippen LogP contribution in [0.5, 0.6) is 5.75 Å². The second kappa shape index (κ2) is 6.82. The smallest absolute Gasteiger partial charge is 0.258 e. The largest absolute Gasteiger partial charge is 0.497 e. The SMILES string of the molecule is COc1ccc2[nH]c3c(c2c1)CCN1C(=O)c2cc(F)ccc2N(c2cccc(F)c2)C31. The third-order valence-corrected chi connectivity index (χ3v) is 6.34. The van der Waals surface area contributed by atoms with Crippen LogP contribution in [0.2, 0.25) is 0 Å². The molecule has 1 N–H and O–H groups in total. The quantitative estimate of drug-likeness (QED) is 0.468. The molecular formula is C25H19F2N3O2. The number of carbonyl (C=O) groups is 1. The van der Waals surface area contributed by atoms with Crippen LogP contribution >= 0.6 is 0 Å². The maximum Gasteiger partial charge on any atom is 0.258 e. The van der Waals surface area contributed by atoms with Crippen molar-refractivity contribution < 1.29 is 18.3 Å². The Bertz CT molecular complexity index is 1400. The number of aromatic amines is 1. The van der Waals surface area contributed by atoms with Crippen LogP contribution < -0.4 is 9.64 Å². The molecule has 1 amide bonds. The van der Waals surface area contributed by atoms with Crippen molar-refractivity contribution in [3.05, 3.63) is 89.1 Å². The van der Waals surface area contributed by atoms with E-state index in [4.69, 9.17) is 4.74 Å². The summed E-state index contributed by atoms with van der Waals surface area (Å²) in [5.74, 6) is -0.347. The van der Waals surface area contributed by atoms with Gasteiger partial charge in [-0.3, -0.25) is 4.79 Å². The topological polar surface area (TPSA) is 48.6 Å². The number of amides is 1. The number of nitrogens with one attached hydrogen (secondary N) is 1. The number of rotatable bonds is 2. The van der Waals surface area contributed by atoms with Gasteiger partial charge in [0.25, 0.3) is 5.91 Å². The Kier molecular flexibility index (Phi) is 4.02. The molecule has 0 aliphatic carbocycles. The molecule has 0 saturated carbocycles. The van der Waals surface area contributed by atoms with Crippen molar-refractivity contribution in [3.8, 4) is 5.75 Å². The highest BCUT2D eigenvalue weighted by Gasteiger charge is 2.43. The van der Waals surface area contributed by atoms with Crippen LogP contribution in [-0.2, 0) is 6.42 Å². The van der Waals surface area contributed by atoms with Crippen LogP contribution in [-0.4, -0.2) is 29.4 Å². The predicted octanol–water partition coefficient (Wildman–Crippen LogP) is 5.30. The highest BCUT2D eigenvalue weighted by molar-refractivity contribution is 6.04. The van der Waals surface area contributed by atoms with E-state index in [2.05, 4.69) is 4.98 Å². The van der Waals surface area contributed by atoms with Crippen molar-refractivity contribution in [1.29, 1.82) is 0 Å². The lowest BCUT2D eigenvalue weighted by molar-refractivity contribution is 0.0641. The summed E-state index contributed by atoms with van der Waals surface area (Å²) in [6, 6.07) is 16.2. The number of H-pyrrole nitrogens is 1. The first-order chi connectivity index (χ1) is 15.5. The summed E-state index contributed by atoms with van der Waals surface area (Å²) in [6.45, 7) is 0.461. The third-order valence-electron chi connectivity index (χ3n) is 6.34. The van der Waals surface area contributed by atoms with Crippen LogP contribution in [0.25, 0.3) is 10.9 Å². The first kappa shape index (κ1) is 18.9. The van der Waals surface area contributed by atoms with Gasteiger partial charge in [-0.25, -0.2) is 8.78 Å². The molecule has 160 valence electrons. The number of fused-ring (bicyclic) bond motifs is 6. The van der Waals surface area contributed by atoms with E-state index in [9.17, 15) is 13.6 Å². The van der Waals surface area contributed by atoms with E-state index in [1.165, 1.54) is 24.3 Å². The van der Waals surface area contributed by atoms with Gasteiger partial charge in [0, 0.05) is 23.1 Å². The Labute approximate surface area is 182 Å². The summed E-state index contributed by atoms with van der Waals surface area (Å²) in [6.07, 6.45) is 0.135. The molecule has 7 heteroatoms. The fourth-order valence-electron chi connectivity index (χ4n) is 4.94. The number of aromatic nitrogens is 1. The van der Waals surface area contributed by atoms with Crippen LogP contribution in [0.3, 0.4) is 0 Å². The van der Waals surface area contributed by atoms with Gasteiger partial charge in [-0.1, -0.05) is 6.07 Å². The van der Waals surface area contributed by atoms with E-state index < -0.39 is 12.0 Å². The lowest BCUT2D eigenvalue weighted by Gasteiger charge is -2.47. The lowest BCUT2D eigenvalue weighted by atomic mass is 9.95. The van der Waals surface area contributed by atoms with Crippen molar-refractivity contribution in [2.45, 2.75) is 12.6 Å². The second-order valence-corrected chi connectivity index (χ2v) is 8.06. The van der Waals surface area contributed by atoms with Gasteiger partial charge >= 0.3 is 0 Å². The Morgan fingerprint density at radius 1 is 1.03 bits per heavy atom. The number of hydrogen-bond acceptors (Lipinski definition) is 3. The normalized spacial score (nSPS) is 17.2. The molecule has 5 nitrogen and oxygen atoms in total. The molecule has 2 aliphatic rings. The molecule has 0 spiro atoms. The van der Waals surface area contributed by atoms with Crippen LogP contribution in [0.4, 0.5) is 20.2 Å². The number of hydrogen-bond donors (Lipinski definition) is 1. The number of carbonyl (C=O) groups excluding carboxylic acids is 1. The molecule has 32 heavy (non-hydrogen) atoms. The average Bonchev–Trinajstić information content (AvgIpc) is 3.17. The molecule has 0 radical (unpaired) electrons. The molecule has 0 fully saturated rings. The molecule has 0 bridgehead atoms. The van der Waals surface area contributed by atoms with Gasteiger partial charge in [-0.05, 0) is 66.6 Å². The van der Waals surface area contributed by atoms with Gasteiger partial charge in [0.05, 0.1) is 24.1 Å². The molecular weight excluding hydrogens is 412 g/mol. The summed E-state index contributed by atoms with van der Waals surface area (Å²) in [5.41, 5.74) is 4.31. The minimum atomic E-state index is -0.510. The highest BCUT2D eigenvalue weighted by atomic mass is 19.1. The van der Waals surface area contributed by atoms with Crippen molar-refractivity contribution in [1.82, 2.24) is 9.88 Å². The summed E-state index contributed by atoms with van der Waals surface area (Å²) in [4.78, 5) is 20.5. The Hall–Kier alpha value is -3.87. The first-order valence-electron chi connectivity index (χ1n) is 10.4. The number of halogens is 2. The molecule has 2 aliphatic heterocycles. The minimum absolute atomic E-state index is 0.237. The number of methoxy groups -OCH3 is 1. The fraction of sp³-hybridized carbons (Fsp3) is 0.160. The van der Waals surface area contributed by atoms with Crippen molar-refractivity contribution in [2.75, 3.05) is 18.6 Å². The highest BCUT2D eigenvalue weighted by Crippen LogP contribution is 2.47. The second-order valence-electron chi connectivity index (χ2n) is 8.06. The van der Waals surface area contributed by atoms with Gasteiger partial charge in [-0.2, -0.15) is 0 Å². The average molecular weight is 431 g/mol. The third kappa shape index (κ3) is 2.64. The summed E-state index contributed by atoms with van der Waals surface area (Å²) in [5, 5.41) is 1.04. The summed E-state index contributed by atoms with van der Waals surface area (Å²) >= 11 is 0. The van der Waals surface area contributed by atoms with Crippen LogP contribution in [0.1, 0.15) is 27.8 Å². The molecule has 1 aromatic heterocycles. The van der Waals surface area contributed by atoms with E-state index in [0.717, 1.165) is 27.9 Å². The van der Waals surface area contributed by atoms with Gasteiger partial charge in [-0.15, -0.1) is 0 Å². The van der Waals surface area contributed by atoms with Gasteiger partial charge in [0.15, 0.2) is 6.17 Å². The molecule has 3 heterocycles. The Balaban J connectivity index is 1.62. The van der Waals surface area contributed by atoms with E-state index in [0.29, 0.717) is 24.3 Å². The monoisotopic (exact) mass is 431 g/mol. The van der Waals surface area contributed by atoms with E-state index in [-0.39, 0.29) is 17.3 Å². The number of benzene rings is 3. The van der Waals surface area contributed by atoms with Crippen molar-refractivity contribution in [2.24, 2.45) is 0 Å². The Morgan fingerprint density at radius 2 is 1.88 bits per heavy atom. The maximum atomic E-state index is 14.2. The number of nitrogens with zero attached hydrogens (tertiary/aromatic N) is 2. The van der Waals surface area contributed by atoms with Crippen molar-refractivity contribution in [3.63, 3.8) is 0 Å². The zero-order chi connectivity index (χ0) is 22.0. The first-order valence-corrected chi connectivity index (χ1v) is 10.4. The zero-order valence-electron chi connectivity index (χ0n) is 17.2. The molecule has 1 atom stereocenters. The van der Waals surface area contributed by atoms with E-state index >= 15 is 0 Å². The molecule has 4 aromatic rings. The van der Waals surface area contributed by atoms with Crippen molar-refractivity contribution >= 4 is 28.2 Å². The minimum Gasteiger partial charge on any atom is -0.497 e. The standard InChI is InChI=1S/C25H19F2N3O2/c1-32-17-6-7-21-19(13-17)18-9-10-29-24(23(18)28-21)30(16-4-2-3-14(26)11-16)22-8-5-15(27)12-20(22)25(29)31/h2-8,11-13,24,28H,9-10H2,1H3. The number of ether oxygens (including phenoxy) is 1. The molecule has 3 aromatic carbocycles. The molecule has 6 rings (SSSR count). The van der Waals surface area contributed by atoms with Gasteiger partial charge in [0.1, 0.15) is 17.4 Å². The summed E-state index contributed by atoms with van der Waals surface area (Å²) in [7, 11) is 1.63. The molecule has 1 unspecified atom stereocenters. The Morgan fingerprint density at radius 3 is 2.69 bits per heavy atom. The van der Waals surface area contributed by atoms with E-state index in [1.54, 1.807) is 30.2 Å². The van der Waals surface area contributed by atoms with Gasteiger partial charge < -0.3 is 19.5 Å².